The van der Waals surface area contributed by atoms with Crippen molar-refractivity contribution in [2.45, 2.75) is 69.9 Å². The van der Waals surface area contributed by atoms with Crippen LogP contribution in [0.1, 0.15) is 75.2 Å². The third-order valence-corrected chi connectivity index (χ3v) is 6.19. The molecule has 4 rings (SSSR count). The van der Waals surface area contributed by atoms with Gasteiger partial charge in [0, 0.05) is 19.3 Å². The van der Waals surface area contributed by atoms with Gasteiger partial charge in [-0.3, -0.25) is 0 Å². The number of rotatable bonds is 4. The van der Waals surface area contributed by atoms with Crippen molar-refractivity contribution in [2.24, 2.45) is 5.92 Å². The summed E-state index contributed by atoms with van der Waals surface area (Å²) in [5.41, 5.74) is 1.93. The molecule has 2 atom stereocenters. The maximum atomic E-state index is 13.4. The molecule has 0 aromatic heterocycles. The van der Waals surface area contributed by atoms with Crippen LogP contribution in [0.15, 0.2) is 48.5 Å². The summed E-state index contributed by atoms with van der Waals surface area (Å²) in [6.45, 7) is 2.23. The summed E-state index contributed by atoms with van der Waals surface area (Å²) < 4.78 is 39.8. The third-order valence-electron chi connectivity index (χ3n) is 6.19. The first-order valence-electron chi connectivity index (χ1n) is 10.4. The van der Waals surface area contributed by atoms with E-state index in [1.54, 1.807) is 24.3 Å². The largest absolute Gasteiger partial charge is 0.342 e. The molecule has 150 valence electrons. The minimum Gasteiger partial charge on any atom is -0.342 e. The molecule has 0 N–H and O–H groups in total. The van der Waals surface area contributed by atoms with Crippen molar-refractivity contribution < 1.29 is 18.3 Å². The van der Waals surface area contributed by atoms with Gasteiger partial charge in [-0.1, -0.05) is 44.0 Å². The van der Waals surface area contributed by atoms with Crippen LogP contribution in [0.25, 0.3) is 0 Å². The summed E-state index contributed by atoms with van der Waals surface area (Å²) in [6, 6.07) is 13.1. The normalized spacial score (nSPS) is 30.5. The molecule has 1 heterocycles. The lowest BCUT2D eigenvalue weighted by atomic mass is 9.81. The lowest BCUT2D eigenvalue weighted by Crippen LogP contribution is -2.45. The second kappa shape index (κ2) is 8.30. The molecule has 2 aromatic carbocycles. The van der Waals surface area contributed by atoms with Gasteiger partial charge in [0.25, 0.3) is 0 Å². The van der Waals surface area contributed by atoms with Crippen LogP contribution in [-0.4, -0.2) is 5.79 Å². The van der Waals surface area contributed by atoms with Gasteiger partial charge in [0.2, 0.25) is 0 Å². The van der Waals surface area contributed by atoms with Crippen LogP contribution >= 0.6 is 0 Å². The summed E-state index contributed by atoms with van der Waals surface area (Å²) in [7, 11) is 0. The van der Waals surface area contributed by atoms with Crippen LogP contribution < -0.4 is 0 Å². The van der Waals surface area contributed by atoms with Gasteiger partial charge in [0.05, 0.1) is 12.2 Å². The average Bonchev–Trinajstić information content (AvgIpc) is 2.71. The summed E-state index contributed by atoms with van der Waals surface area (Å²) in [5.74, 6) is -0.375. The Kier molecular flexibility index (Phi) is 5.79. The van der Waals surface area contributed by atoms with E-state index in [4.69, 9.17) is 9.47 Å². The van der Waals surface area contributed by atoms with Gasteiger partial charge in [0.15, 0.2) is 5.79 Å². The van der Waals surface area contributed by atoms with E-state index in [2.05, 4.69) is 6.92 Å². The number of hydrogen-bond donors (Lipinski definition) is 0. The molecule has 0 radical (unpaired) electrons. The molecule has 2 nitrogen and oxygen atoms in total. The fourth-order valence-corrected chi connectivity index (χ4v) is 4.65. The second-order valence-electron chi connectivity index (χ2n) is 8.19. The molecule has 1 saturated carbocycles. The van der Waals surface area contributed by atoms with Gasteiger partial charge in [0.1, 0.15) is 11.6 Å². The average molecular weight is 386 g/mol. The number of halogens is 2. The van der Waals surface area contributed by atoms with E-state index in [9.17, 15) is 8.78 Å². The molecule has 2 aliphatic rings. The van der Waals surface area contributed by atoms with Crippen molar-refractivity contribution in [1.29, 1.82) is 0 Å². The van der Waals surface area contributed by atoms with Gasteiger partial charge < -0.3 is 9.47 Å². The van der Waals surface area contributed by atoms with Gasteiger partial charge >= 0.3 is 0 Å². The second-order valence-corrected chi connectivity index (χ2v) is 8.19. The van der Waals surface area contributed by atoms with E-state index >= 15 is 0 Å². The lowest BCUT2D eigenvalue weighted by Gasteiger charge is -2.48. The molecule has 4 heteroatoms. The highest BCUT2D eigenvalue weighted by Crippen LogP contribution is 2.49. The fourth-order valence-electron chi connectivity index (χ4n) is 4.65. The monoisotopic (exact) mass is 386 g/mol. The highest BCUT2D eigenvalue weighted by molar-refractivity contribution is 5.23. The molecular weight excluding hydrogens is 358 g/mol. The summed E-state index contributed by atoms with van der Waals surface area (Å²) in [6.07, 6.45) is 6.70. The zero-order chi connectivity index (χ0) is 19.6. The summed E-state index contributed by atoms with van der Waals surface area (Å²) >= 11 is 0. The Morgan fingerprint density at radius 3 is 1.71 bits per heavy atom. The molecule has 1 aliphatic carbocycles. The summed E-state index contributed by atoms with van der Waals surface area (Å²) in [5, 5.41) is 0. The van der Waals surface area contributed by atoms with Crippen LogP contribution in [0.2, 0.25) is 0 Å². The molecule has 2 aromatic rings. The Morgan fingerprint density at radius 1 is 0.821 bits per heavy atom. The molecule has 28 heavy (non-hydrogen) atoms. The van der Waals surface area contributed by atoms with Crippen molar-refractivity contribution in [1.82, 2.24) is 0 Å². The zero-order valence-electron chi connectivity index (χ0n) is 16.4. The van der Waals surface area contributed by atoms with Crippen molar-refractivity contribution >= 4 is 0 Å². The minimum atomic E-state index is -0.611. The lowest BCUT2D eigenvalue weighted by molar-refractivity contribution is -0.336. The van der Waals surface area contributed by atoms with E-state index in [1.165, 1.54) is 37.1 Å². The summed E-state index contributed by atoms with van der Waals surface area (Å²) in [4.78, 5) is 0. The number of benzene rings is 2. The third kappa shape index (κ3) is 4.28. The molecule has 1 aliphatic heterocycles. The molecule has 1 saturated heterocycles. The Balaban J connectivity index is 1.59. The molecule has 0 bridgehead atoms. The van der Waals surface area contributed by atoms with Gasteiger partial charge in [-0.25, -0.2) is 8.78 Å². The quantitative estimate of drug-likeness (QED) is 0.571. The fraction of sp³-hybridized carbons (Fsp3) is 0.500. The maximum Gasteiger partial charge on any atom is 0.169 e. The van der Waals surface area contributed by atoms with Crippen molar-refractivity contribution in [3.05, 3.63) is 71.3 Å². The number of hydrogen-bond acceptors (Lipinski definition) is 2. The minimum absolute atomic E-state index is 0.160. The molecule has 1 spiro atoms. The van der Waals surface area contributed by atoms with Gasteiger partial charge in [-0.15, -0.1) is 0 Å². The molecular formula is C24H28F2O2. The van der Waals surface area contributed by atoms with Gasteiger partial charge in [-0.05, 0) is 54.2 Å². The number of ether oxygens (including phenoxy) is 2. The van der Waals surface area contributed by atoms with Crippen molar-refractivity contribution in [3.63, 3.8) is 0 Å². The Hall–Kier alpha value is -1.78. The van der Waals surface area contributed by atoms with Crippen LogP contribution in [0, 0.1) is 17.6 Å². The highest BCUT2D eigenvalue weighted by atomic mass is 19.1. The Bertz CT molecular complexity index is 709. The molecule has 2 unspecified atom stereocenters. The highest BCUT2D eigenvalue weighted by Gasteiger charge is 2.45. The van der Waals surface area contributed by atoms with Crippen LogP contribution in [0.5, 0.6) is 0 Å². The van der Waals surface area contributed by atoms with E-state index in [0.717, 1.165) is 42.7 Å². The van der Waals surface area contributed by atoms with E-state index in [1.807, 2.05) is 0 Å². The first kappa shape index (κ1) is 19.5. The predicted octanol–water partition coefficient (Wildman–Crippen LogP) is 6.87. The Labute approximate surface area is 165 Å². The first-order chi connectivity index (χ1) is 13.6. The SMILES string of the molecule is CCCC1CCC2(CC1)OC(c1ccc(F)cc1)CC(c1ccc(F)cc1)O2. The molecule has 2 fully saturated rings. The smallest absolute Gasteiger partial charge is 0.169 e. The zero-order valence-corrected chi connectivity index (χ0v) is 16.4. The van der Waals surface area contributed by atoms with Crippen molar-refractivity contribution in [3.8, 4) is 0 Å². The molecule has 0 amide bonds. The topological polar surface area (TPSA) is 18.5 Å². The van der Waals surface area contributed by atoms with E-state index < -0.39 is 5.79 Å². The van der Waals surface area contributed by atoms with Gasteiger partial charge in [-0.2, -0.15) is 0 Å². The first-order valence-corrected chi connectivity index (χ1v) is 10.4. The van der Waals surface area contributed by atoms with Crippen LogP contribution in [0.4, 0.5) is 8.78 Å². The predicted molar refractivity (Wildman–Crippen MR) is 105 cm³/mol. The standard InChI is InChI=1S/C24H28F2O2/c1-2-3-17-12-14-24(15-13-17)27-22(18-4-8-20(25)9-5-18)16-23(28-24)19-6-10-21(26)11-7-19/h4-11,17,22-23H,2-3,12-16H2,1H3. The van der Waals surface area contributed by atoms with Crippen molar-refractivity contribution in [2.75, 3.05) is 0 Å². The van der Waals surface area contributed by atoms with E-state index in [0.29, 0.717) is 6.42 Å². The van der Waals surface area contributed by atoms with Crippen LogP contribution in [-0.2, 0) is 9.47 Å². The Morgan fingerprint density at radius 2 is 1.29 bits per heavy atom. The maximum absolute atomic E-state index is 13.4. The van der Waals surface area contributed by atoms with E-state index in [-0.39, 0.29) is 23.8 Å². The van der Waals surface area contributed by atoms with Crippen LogP contribution in [0.3, 0.4) is 0 Å².